The minimum atomic E-state index is 0.285. The molecule has 3 rings (SSSR count). The molecule has 1 aromatic rings. The first kappa shape index (κ1) is 12.7. The lowest BCUT2D eigenvalue weighted by Crippen LogP contribution is -2.44. The number of nitrogens with zero attached hydrogens (tertiary/aromatic N) is 1. The maximum atomic E-state index is 12.2. The highest BCUT2D eigenvalue weighted by Gasteiger charge is 2.38. The van der Waals surface area contributed by atoms with Crippen LogP contribution >= 0.6 is 0 Å². The molecule has 1 amide bonds. The van der Waals surface area contributed by atoms with Crippen molar-refractivity contribution in [3.8, 4) is 0 Å². The van der Waals surface area contributed by atoms with Gasteiger partial charge in [0.15, 0.2) is 0 Å². The first-order chi connectivity index (χ1) is 9.22. The SMILES string of the molecule is C[C@H]1C[C@H]2CN(C(=O)CCc3ccc[nH]3)CC[C@@H]2O1. The number of likely N-dealkylation sites (tertiary alicyclic amines) is 1. The number of rotatable bonds is 3. The van der Waals surface area contributed by atoms with Crippen molar-refractivity contribution in [2.45, 2.75) is 44.8 Å². The molecular formula is C15H22N2O2. The summed E-state index contributed by atoms with van der Waals surface area (Å²) in [7, 11) is 0. The van der Waals surface area contributed by atoms with Gasteiger partial charge in [0.05, 0.1) is 12.2 Å². The van der Waals surface area contributed by atoms with Crippen molar-refractivity contribution in [2.24, 2.45) is 5.92 Å². The quantitative estimate of drug-likeness (QED) is 0.905. The third-order valence-electron chi connectivity index (χ3n) is 4.33. The molecular weight excluding hydrogens is 240 g/mol. The Kier molecular flexibility index (Phi) is 3.60. The number of aryl methyl sites for hydroxylation is 1. The Balaban J connectivity index is 1.50. The lowest BCUT2D eigenvalue weighted by molar-refractivity contribution is -0.134. The average molecular weight is 262 g/mol. The van der Waals surface area contributed by atoms with Crippen LogP contribution in [0, 0.1) is 5.92 Å². The largest absolute Gasteiger partial charge is 0.375 e. The van der Waals surface area contributed by atoms with Gasteiger partial charge in [-0.15, -0.1) is 0 Å². The highest BCUT2D eigenvalue weighted by Crippen LogP contribution is 2.32. The molecule has 0 aromatic carbocycles. The monoisotopic (exact) mass is 262 g/mol. The average Bonchev–Trinajstić information content (AvgIpc) is 3.02. The number of fused-ring (bicyclic) bond motifs is 1. The van der Waals surface area contributed by atoms with Crippen LogP contribution in [-0.4, -0.2) is 41.1 Å². The van der Waals surface area contributed by atoms with E-state index in [2.05, 4.69) is 11.9 Å². The molecule has 1 N–H and O–H groups in total. The number of carbonyl (C=O) groups is 1. The lowest BCUT2D eigenvalue weighted by atomic mass is 9.93. The smallest absolute Gasteiger partial charge is 0.222 e. The van der Waals surface area contributed by atoms with Crippen LogP contribution in [0.1, 0.15) is 31.9 Å². The van der Waals surface area contributed by atoms with Crippen molar-refractivity contribution in [1.82, 2.24) is 9.88 Å². The van der Waals surface area contributed by atoms with Gasteiger partial charge in [-0.3, -0.25) is 4.79 Å². The number of nitrogens with one attached hydrogen (secondary N) is 1. The molecule has 1 aromatic heterocycles. The summed E-state index contributed by atoms with van der Waals surface area (Å²) in [6.45, 7) is 3.88. The maximum absolute atomic E-state index is 12.2. The van der Waals surface area contributed by atoms with E-state index in [0.717, 1.165) is 38.0 Å². The van der Waals surface area contributed by atoms with Crippen LogP contribution in [0.4, 0.5) is 0 Å². The van der Waals surface area contributed by atoms with Gasteiger partial charge >= 0.3 is 0 Å². The van der Waals surface area contributed by atoms with E-state index in [1.165, 1.54) is 0 Å². The second-order valence-electron chi connectivity index (χ2n) is 5.80. The first-order valence-corrected chi connectivity index (χ1v) is 7.28. The number of hydrogen-bond donors (Lipinski definition) is 1. The van der Waals surface area contributed by atoms with Gasteiger partial charge in [0.2, 0.25) is 5.91 Å². The summed E-state index contributed by atoms with van der Waals surface area (Å²) in [5.74, 6) is 0.839. The number of amides is 1. The van der Waals surface area contributed by atoms with E-state index in [0.29, 0.717) is 24.5 Å². The van der Waals surface area contributed by atoms with Crippen LogP contribution in [0.2, 0.25) is 0 Å². The van der Waals surface area contributed by atoms with Crippen molar-refractivity contribution >= 4 is 5.91 Å². The van der Waals surface area contributed by atoms with E-state index in [-0.39, 0.29) is 5.91 Å². The fourth-order valence-corrected chi connectivity index (χ4v) is 3.35. The zero-order valence-corrected chi connectivity index (χ0v) is 11.5. The molecule has 0 unspecified atom stereocenters. The molecule has 2 saturated heterocycles. The summed E-state index contributed by atoms with van der Waals surface area (Å²) in [5, 5.41) is 0. The molecule has 0 radical (unpaired) electrons. The van der Waals surface area contributed by atoms with Crippen LogP contribution in [0.25, 0.3) is 0 Å². The van der Waals surface area contributed by atoms with Gasteiger partial charge in [0, 0.05) is 37.3 Å². The van der Waals surface area contributed by atoms with Gasteiger partial charge in [0.1, 0.15) is 0 Å². The van der Waals surface area contributed by atoms with Gasteiger partial charge in [-0.05, 0) is 38.3 Å². The molecule has 3 atom stereocenters. The van der Waals surface area contributed by atoms with Crippen LogP contribution in [0.5, 0.6) is 0 Å². The summed E-state index contributed by atoms with van der Waals surface area (Å²) in [4.78, 5) is 17.4. The molecule has 4 nitrogen and oxygen atoms in total. The molecule has 0 saturated carbocycles. The van der Waals surface area contributed by atoms with E-state index in [1.807, 2.05) is 23.2 Å². The Bertz CT molecular complexity index is 429. The topological polar surface area (TPSA) is 45.3 Å². The molecule has 0 spiro atoms. The summed E-state index contributed by atoms with van der Waals surface area (Å²) < 4.78 is 5.87. The van der Waals surface area contributed by atoms with Crippen LogP contribution in [0.3, 0.4) is 0 Å². The van der Waals surface area contributed by atoms with Crippen molar-refractivity contribution in [3.63, 3.8) is 0 Å². The van der Waals surface area contributed by atoms with Crippen molar-refractivity contribution in [2.75, 3.05) is 13.1 Å². The first-order valence-electron chi connectivity index (χ1n) is 7.28. The van der Waals surface area contributed by atoms with Crippen LogP contribution < -0.4 is 0 Å². The number of piperidine rings is 1. The van der Waals surface area contributed by atoms with Gasteiger partial charge in [0.25, 0.3) is 0 Å². The Hall–Kier alpha value is -1.29. The van der Waals surface area contributed by atoms with Crippen LogP contribution in [-0.2, 0) is 16.0 Å². The number of carbonyl (C=O) groups excluding carboxylic acids is 1. The molecule has 2 aliphatic rings. The Morgan fingerprint density at radius 2 is 2.47 bits per heavy atom. The lowest BCUT2D eigenvalue weighted by Gasteiger charge is -2.34. The van der Waals surface area contributed by atoms with Gasteiger partial charge < -0.3 is 14.6 Å². The number of aromatic nitrogens is 1. The maximum Gasteiger partial charge on any atom is 0.222 e. The molecule has 2 aliphatic heterocycles. The van der Waals surface area contributed by atoms with E-state index < -0.39 is 0 Å². The second-order valence-corrected chi connectivity index (χ2v) is 5.80. The number of hydrogen-bond acceptors (Lipinski definition) is 2. The molecule has 104 valence electrons. The Morgan fingerprint density at radius 3 is 3.26 bits per heavy atom. The fraction of sp³-hybridized carbons (Fsp3) is 0.667. The predicted molar refractivity (Wildman–Crippen MR) is 72.8 cm³/mol. The fourth-order valence-electron chi connectivity index (χ4n) is 3.35. The highest BCUT2D eigenvalue weighted by molar-refractivity contribution is 5.76. The molecule has 0 bridgehead atoms. The predicted octanol–water partition coefficient (Wildman–Crippen LogP) is 1.97. The normalized spacial score (nSPS) is 30.4. The van der Waals surface area contributed by atoms with E-state index in [4.69, 9.17) is 4.74 Å². The minimum absolute atomic E-state index is 0.285. The van der Waals surface area contributed by atoms with Crippen molar-refractivity contribution in [3.05, 3.63) is 24.0 Å². The van der Waals surface area contributed by atoms with Gasteiger partial charge in [-0.2, -0.15) is 0 Å². The number of ether oxygens (including phenoxy) is 1. The molecule has 0 aliphatic carbocycles. The molecule has 19 heavy (non-hydrogen) atoms. The Morgan fingerprint density at radius 1 is 1.58 bits per heavy atom. The number of aromatic amines is 1. The third kappa shape index (κ3) is 2.84. The third-order valence-corrected chi connectivity index (χ3v) is 4.33. The zero-order valence-electron chi connectivity index (χ0n) is 11.5. The molecule has 3 heterocycles. The van der Waals surface area contributed by atoms with Gasteiger partial charge in [-0.25, -0.2) is 0 Å². The van der Waals surface area contributed by atoms with Crippen molar-refractivity contribution < 1.29 is 9.53 Å². The molecule has 4 heteroatoms. The van der Waals surface area contributed by atoms with Crippen molar-refractivity contribution in [1.29, 1.82) is 0 Å². The summed E-state index contributed by atoms with van der Waals surface area (Å²) in [6.07, 6.45) is 6.18. The molecule has 2 fully saturated rings. The van der Waals surface area contributed by atoms with E-state index >= 15 is 0 Å². The van der Waals surface area contributed by atoms with E-state index in [9.17, 15) is 4.79 Å². The standard InChI is InChI=1S/C15H22N2O2/c1-11-9-12-10-17(8-6-14(12)19-11)15(18)5-4-13-3-2-7-16-13/h2-3,7,11-12,14,16H,4-6,8-10H2,1H3/t11-,12-,14-/m0/s1. The van der Waals surface area contributed by atoms with Crippen LogP contribution in [0.15, 0.2) is 18.3 Å². The summed E-state index contributed by atoms with van der Waals surface area (Å²) in [5.41, 5.74) is 1.14. The van der Waals surface area contributed by atoms with E-state index in [1.54, 1.807) is 0 Å². The van der Waals surface area contributed by atoms with Gasteiger partial charge in [-0.1, -0.05) is 0 Å². The second kappa shape index (κ2) is 5.37. The zero-order chi connectivity index (χ0) is 13.2. The number of H-pyrrole nitrogens is 1. The Labute approximate surface area is 114 Å². The highest BCUT2D eigenvalue weighted by atomic mass is 16.5. The summed E-state index contributed by atoms with van der Waals surface area (Å²) in [6, 6.07) is 4.01. The summed E-state index contributed by atoms with van der Waals surface area (Å²) >= 11 is 0. The minimum Gasteiger partial charge on any atom is -0.375 e.